The second-order valence-electron chi connectivity index (χ2n) is 7.33. The average Bonchev–Trinajstić information content (AvgIpc) is 3.23. The fourth-order valence-electron chi connectivity index (χ4n) is 3.55. The lowest BCUT2D eigenvalue weighted by Gasteiger charge is -2.17. The number of halogens is 2. The van der Waals surface area contributed by atoms with E-state index in [2.05, 4.69) is 32.5 Å². The Labute approximate surface area is 186 Å². The molecule has 9 heteroatoms. The highest BCUT2D eigenvalue weighted by Gasteiger charge is 2.22. The number of carbonyl (C=O) groups is 1. The number of rotatable bonds is 9. The van der Waals surface area contributed by atoms with Gasteiger partial charge in [0.15, 0.2) is 5.96 Å². The van der Waals surface area contributed by atoms with Gasteiger partial charge in [0.2, 0.25) is 5.91 Å². The lowest BCUT2D eigenvalue weighted by atomic mass is 10.1. The molecule has 1 heterocycles. The summed E-state index contributed by atoms with van der Waals surface area (Å²) in [5.74, 6) is 1.22. The van der Waals surface area contributed by atoms with Crippen molar-refractivity contribution in [2.45, 2.75) is 39.1 Å². The van der Waals surface area contributed by atoms with Gasteiger partial charge in [0.25, 0.3) is 0 Å². The van der Waals surface area contributed by atoms with Crippen LogP contribution in [0.4, 0.5) is 8.78 Å². The van der Waals surface area contributed by atoms with Gasteiger partial charge in [-0.1, -0.05) is 24.3 Å². The number of aliphatic imine (C=N–C) groups is 1. The Morgan fingerprint density at radius 1 is 1.16 bits per heavy atom. The highest BCUT2D eigenvalue weighted by Crippen LogP contribution is 2.26. The molecule has 0 atom stereocenters. The van der Waals surface area contributed by atoms with Gasteiger partial charge in [0.1, 0.15) is 11.5 Å². The van der Waals surface area contributed by atoms with Crippen molar-refractivity contribution in [2.24, 2.45) is 4.99 Å². The molecule has 2 aromatic carbocycles. The maximum absolute atomic E-state index is 12.7. The van der Waals surface area contributed by atoms with Crippen molar-refractivity contribution in [2.75, 3.05) is 20.7 Å². The van der Waals surface area contributed by atoms with Crippen molar-refractivity contribution < 1.29 is 23.0 Å². The number of alkyl halides is 2. The highest BCUT2D eigenvalue weighted by molar-refractivity contribution is 5.80. The predicted molar refractivity (Wildman–Crippen MR) is 118 cm³/mol. The molecule has 0 saturated heterocycles. The molecule has 172 valence electrons. The monoisotopic (exact) mass is 446 g/mol. The van der Waals surface area contributed by atoms with Crippen LogP contribution in [0, 0.1) is 0 Å². The van der Waals surface area contributed by atoms with Crippen LogP contribution in [-0.4, -0.2) is 44.1 Å². The summed E-state index contributed by atoms with van der Waals surface area (Å²) in [5, 5.41) is 6.21. The standard InChI is InChI=1S/C23H28F2N4O3/c1-26-23(28-13-18-12-19(31-2)9-10-20(18)32-22(24)25)27-11-5-8-21(30)29-14-16-6-3-4-7-17(16)15-29/h3-4,6-7,9-10,12,22H,5,8,11,13-15H2,1-2H3,(H2,26,27,28). The van der Waals surface area contributed by atoms with Crippen molar-refractivity contribution >= 4 is 11.9 Å². The summed E-state index contributed by atoms with van der Waals surface area (Å²) < 4.78 is 35.1. The van der Waals surface area contributed by atoms with Gasteiger partial charge in [-0.25, -0.2) is 0 Å². The van der Waals surface area contributed by atoms with E-state index < -0.39 is 6.61 Å². The van der Waals surface area contributed by atoms with Crippen molar-refractivity contribution in [1.29, 1.82) is 0 Å². The van der Waals surface area contributed by atoms with E-state index in [-0.39, 0.29) is 18.2 Å². The van der Waals surface area contributed by atoms with Crippen LogP contribution in [0.5, 0.6) is 11.5 Å². The zero-order valence-corrected chi connectivity index (χ0v) is 18.2. The van der Waals surface area contributed by atoms with E-state index in [1.54, 1.807) is 19.2 Å². The molecule has 2 aromatic rings. The molecule has 0 radical (unpaired) electrons. The van der Waals surface area contributed by atoms with Gasteiger partial charge in [0.05, 0.1) is 7.11 Å². The molecule has 0 aromatic heterocycles. The van der Waals surface area contributed by atoms with Crippen LogP contribution in [0.3, 0.4) is 0 Å². The minimum atomic E-state index is -2.92. The molecular formula is C23H28F2N4O3. The van der Waals surface area contributed by atoms with Crippen molar-refractivity contribution in [3.05, 3.63) is 59.2 Å². The van der Waals surface area contributed by atoms with Gasteiger partial charge >= 0.3 is 6.61 Å². The maximum atomic E-state index is 12.7. The molecule has 0 unspecified atom stereocenters. The van der Waals surface area contributed by atoms with E-state index in [1.165, 1.54) is 24.3 Å². The van der Waals surface area contributed by atoms with Gasteiger partial charge in [-0.15, -0.1) is 0 Å². The number of benzene rings is 2. The number of ether oxygens (including phenoxy) is 2. The summed E-state index contributed by atoms with van der Waals surface area (Å²) in [6.07, 6.45) is 1.07. The summed E-state index contributed by atoms with van der Waals surface area (Å²) in [4.78, 5) is 18.5. The molecular weight excluding hydrogens is 418 g/mol. The first-order valence-corrected chi connectivity index (χ1v) is 10.4. The Morgan fingerprint density at radius 2 is 1.88 bits per heavy atom. The van der Waals surface area contributed by atoms with Crippen LogP contribution < -0.4 is 20.1 Å². The Kier molecular flexibility index (Phi) is 8.24. The summed E-state index contributed by atoms with van der Waals surface area (Å²) in [6, 6.07) is 12.7. The van der Waals surface area contributed by atoms with Crippen molar-refractivity contribution in [3.8, 4) is 11.5 Å². The smallest absolute Gasteiger partial charge is 0.387 e. The molecule has 1 aliphatic rings. The lowest BCUT2D eigenvalue weighted by molar-refractivity contribution is -0.131. The Hall–Kier alpha value is -3.36. The topological polar surface area (TPSA) is 75.2 Å². The van der Waals surface area contributed by atoms with Gasteiger partial charge < -0.3 is 25.0 Å². The maximum Gasteiger partial charge on any atom is 0.387 e. The quantitative estimate of drug-likeness (QED) is 0.351. The SMILES string of the molecule is CN=C(NCCCC(=O)N1Cc2ccccc2C1)NCc1cc(OC)ccc1OC(F)F. The largest absolute Gasteiger partial charge is 0.497 e. The molecule has 7 nitrogen and oxygen atoms in total. The molecule has 32 heavy (non-hydrogen) atoms. The number of guanidine groups is 1. The van der Waals surface area contributed by atoms with E-state index in [4.69, 9.17) is 4.74 Å². The summed E-state index contributed by atoms with van der Waals surface area (Å²) in [5.41, 5.74) is 2.92. The molecule has 0 aliphatic carbocycles. The number of methoxy groups -OCH3 is 1. The second kappa shape index (κ2) is 11.3. The van der Waals surface area contributed by atoms with E-state index in [9.17, 15) is 13.6 Å². The summed E-state index contributed by atoms with van der Waals surface area (Å²) in [6.45, 7) is -0.834. The van der Waals surface area contributed by atoms with Gasteiger partial charge in [0, 0.05) is 45.2 Å². The Balaban J connectivity index is 1.43. The van der Waals surface area contributed by atoms with Crippen LogP contribution in [-0.2, 0) is 24.4 Å². The second-order valence-corrected chi connectivity index (χ2v) is 7.33. The van der Waals surface area contributed by atoms with Crippen LogP contribution >= 0.6 is 0 Å². The van der Waals surface area contributed by atoms with Crippen LogP contribution in [0.25, 0.3) is 0 Å². The van der Waals surface area contributed by atoms with E-state index in [0.29, 0.717) is 49.7 Å². The fourth-order valence-corrected chi connectivity index (χ4v) is 3.55. The highest BCUT2D eigenvalue weighted by atomic mass is 19.3. The van der Waals surface area contributed by atoms with E-state index >= 15 is 0 Å². The predicted octanol–water partition coefficient (Wildman–Crippen LogP) is 3.28. The first-order chi connectivity index (χ1) is 15.5. The first-order valence-electron chi connectivity index (χ1n) is 10.4. The minimum absolute atomic E-state index is 0.0703. The lowest BCUT2D eigenvalue weighted by Crippen LogP contribution is -2.37. The van der Waals surface area contributed by atoms with E-state index in [1.807, 2.05) is 17.0 Å². The van der Waals surface area contributed by atoms with Gasteiger partial charge in [-0.05, 0) is 35.7 Å². The Bertz CT molecular complexity index is 928. The number of fused-ring (bicyclic) bond motifs is 1. The minimum Gasteiger partial charge on any atom is -0.497 e. The molecule has 0 fully saturated rings. The van der Waals surface area contributed by atoms with Crippen molar-refractivity contribution in [3.63, 3.8) is 0 Å². The zero-order valence-electron chi connectivity index (χ0n) is 18.2. The molecule has 2 N–H and O–H groups in total. The zero-order chi connectivity index (χ0) is 22.9. The number of nitrogens with zero attached hydrogens (tertiary/aromatic N) is 2. The third kappa shape index (κ3) is 6.32. The molecule has 1 amide bonds. The van der Waals surface area contributed by atoms with Gasteiger partial charge in [-0.2, -0.15) is 8.78 Å². The number of hydrogen-bond acceptors (Lipinski definition) is 4. The Morgan fingerprint density at radius 3 is 2.50 bits per heavy atom. The molecule has 1 aliphatic heterocycles. The average molecular weight is 446 g/mol. The van der Waals surface area contributed by atoms with Gasteiger partial charge in [-0.3, -0.25) is 9.79 Å². The third-order valence-corrected chi connectivity index (χ3v) is 5.21. The third-order valence-electron chi connectivity index (χ3n) is 5.21. The number of carbonyl (C=O) groups excluding carboxylic acids is 1. The van der Waals surface area contributed by atoms with Crippen LogP contribution in [0.1, 0.15) is 29.5 Å². The molecule has 0 saturated carbocycles. The summed E-state index contributed by atoms with van der Waals surface area (Å²) >= 11 is 0. The normalized spacial score (nSPS) is 13.2. The number of amides is 1. The van der Waals surface area contributed by atoms with Crippen LogP contribution in [0.2, 0.25) is 0 Å². The van der Waals surface area contributed by atoms with E-state index in [0.717, 1.165) is 0 Å². The molecule has 0 bridgehead atoms. The molecule has 3 rings (SSSR count). The molecule has 0 spiro atoms. The fraction of sp³-hybridized carbons (Fsp3) is 0.391. The number of nitrogens with one attached hydrogen (secondary N) is 2. The first kappa shape index (κ1) is 23.3. The van der Waals surface area contributed by atoms with Crippen molar-refractivity contribution in [1.82, 2.24) is 15.5 Å². The summed E-state index contributed by atoms with van der Waals surface area (Å²) in [7, 11) is 3.12. The van der Waals surface area contributed by atoms with Crippen LogP contribution in [0.15, 0.2) is 47.5 Å². The number of hydrogen-bond donors (Lipinski definition) is 2.